The second kappa shape index (κ2) is 7.93. The summed E-state index contributed by atoms with van der Waals surface area (Å²) in [5.41, 5.74) is 15.7. The maximum atomic E-state index is 14.5. The molecule has 2 aromatic heterocycles. The smallest absolute Gasteiger partial charge is 0.248 e. The van der Waals surface area contributed by atoms with E-state index < -0.39 is 17.5 Å². The average Bonchev–Trinajstić information content (AvgIpc) is 3.43. The minimum atomic E-state index is -0.729. The van der Waals surface area contributed by atoms with E-state index in [0.29, 0.717) is 46.6 Å². The molecule has 1 aliphatic heterocycles. The van der Waals surface area contributed by atoms with Gasteiger partial charge in [-0.2, -0.15) is 0 Å². The number of hydrogen-bond acceptors (Lipinski definition) is 5. The van der Waals surface area contributed by atoms with Gasteiger partial charge in [0.2, 0.25) is 5.91 Å². The van der Waals surface area contributed by atoms with E-state index in [2.05, 4.69) is 19.9 Å². The van der Waals surface area contributed by atoms with Gasteiger partial charge in [0.05, 0.1) is 16.8 Å². The Morgan fingerprint density at radius 3 is 2.67 bits per heavy atom. The summed E-state index contributed by atoms with van der Waals surface area (Å²) in [4.78, 5) is 25.9. The summed E-state index contributed by atoms with van der Waals surface area (Å²) in [5.74, 6) is -1.28. The van der Waals surface area contributed by atoms with Crippen LogP contribution in [-0.2, 0) is 0 Å². The Kier molecular flexibility index (Phi) is 5.05. The summed E-state index contributed by atoms with van der Waals surface area (Å²) in [6.07, 6.45) is 4.03. The van der Waals surface area contributed by atoms with Gasteiger partial charge in [-0.05, 0) is 48.7 Å². The molecule has 0 spiro atoms. The fourth-order valence-electron chi connectivity index (χ4n) is 4.38. The minimum Gasteiger partial charge on any atom is -0.369 e. The molecule has 5 N–H and O–H groups in total. The minimum absolute atomic E-state index is 0.0251. The number of benzene rings is 2. The molecule has 1 fully saturated rings. The summed E-state index contributed by atoms with van der Waals surface area (Å²) in [7, 11) is 0. The number of aromatic amines is 1. The second-order valence-corrected chi connectivity index (χ2v) is 8.34. The lowest BCUT2D eigenvalue weighted by Gasteiger charge is -2.24. The number of halogens is 2. The van der Waals surface area contributed by atoms with Crippen LogP contribution in [0.5, 0.6) is 0 Å². The Bertz CT molecular complexity index is 1360. The Hall–Kier alpha value is -3.85. The highest BCUT2D eigenvalue weighted by Crippen LogP contribution is 2.40. The first-order valence-corrected chi connectivity index (χ1v) is 10.6. The van der Waals surface area contributed by atoms with Crippen LogP contribution in [0, 0.1) is 18.6 Å². The first kappa shape index (κ1) is 21.0. The lowest BCUT2D eigenvalue weighted by atomic mass is 9.99. The maximum Gasteiger partial charge on any atom is 0.248 e. The van der Waals surface area contributed by atoms with Crippen molar-refractivity contribution in [2.24, 2.45) is 11.5 Å². The Balaban J connectivity index is 1.76. The number of nitrogens with one attached hydrogen (secondary N) is 1. The van der Waals surface area contributed by atoms with Gasteiger partial charge < -0.3 is 21.4 Å². The number of H-pyrrole nitrogens is 1. The number of rotatable bonds is 4. The fourth-order valence-corrected chi connectivity index (χ4v) is 4.38. The number of aryl methyl sites for hydroxylation is 1. The Labute approximate surface area is 188 Å². The number of carbonyl (C=O) groups excluding carboxylic acids is 1. The van der Waals surface area contributed by atoms with Gasteiger partial charge >= 0.3 is 0 Å². The maximum absolute atomic E-state index is 14.5. The molecule has 2 aromatic carbocycles. The van der Waals surface area contributed by atoms with Crippen LogP contribution in [0.2, 0.25) is 0 Å². The summed E-state index contributed by atoms with van der Waals surface area (Å²) in [6.45, 7) is 3.12. The van der Waals surface area contributed by atoms with Crippen molar-refractivity contribution >= 4 is 22.6 Å². The van der Waals surface area contributed by atoms with Crippen LogP contribution in [0.25, 0.3) is 33.5 Å². The van der Waals surface area contributed by atoms with Crippen molar-refractivity contribution in [3.63, 3.8) is 0 Å². The van der Waals surface area contributed by atoms with Gasteiger partial charge in [0.1, 0.15) is 23.0 Å². The highest BCUT2D eigenvalue weighted by molar-refractivity contribution is 5.96. The van der Waals surface area contributed by atoms with Crippen molar-refractivity contribution in [2.75, 3.05) is 18.0 Å². The molecule has 33 heavy (non-hydrogen) atoms. The first-order valence-electron chi connectivity index (χ1n) is 10.6. The number of hydrogen-bond donors (Lipinski definition) is 3. The van der Waals surface area contributed by atoms with E-state index in [0.717, 1.165) is 23.7 Å². The van der Waals surface area contributed by atoms with Crippen LogP contribution in [0.3, 0.4) is 0 Å². The van der Waals surface area contributed by atoms with Crippen molar-refractivity contribution in [1.29, 1.82) is 0 Å². The van der Waals surface area contributed by atoms with Gasteiger partial charge in [0, 0.05) is 42.7 Å². The predicted octanol–water partition coefficient (Wildman–Crippen LogP) is 3.51. The summed E-state index contributed by atoms with van der Waals surface area (Å²) in [6, 6.07) is 7.01. The molecule has 0 saturated carbocycles. The molecule has 0 unspecified atom stereocenters. The molecule has 7 nitrogen and oxygen atoms in total. The van der Waals surface area contributed by atoms with Gasteiger partial charge in [0.15, 0.2) is 0 Å². The van der Waals surface area contributed by atoms with Gasteiger partial charge in [-0.15, -0.1) is 0 Å². The van der Waals surface area contributed by atoms with Gasteiger partial charge in [-0.3, -0.25) is 9.78 Å². The number of anilines is 1. The molecule has 0 aliphatic carbocycles. The van der Waals surface area contributed by atoms with Crippen LogP contribution in [0.1, 0.15) is 22.3 Å². The van der Waals surface area contributed by atoms with Crippen LogP contribution in [0.4, 0.5) is 14.5 Å². The number of primary amides is 1. The molecule has 1 aliphatic rings. The van der Waals surface area contributed by atoms with Crippen molar-refractivity contribution in [3.8, 4) is 22.5 Å². The van der Waals surface area contributed by atoms with Crippen LogP contribution < -0.4 is 16.4 Å². The van der Waals surface area contributed by atoms with Crippen LogP contribution in [0.15, 0.2) is 42.7 Å². The molecule has 1 amide bonds. The third kappa shape index (κ3) is 3.70. The standard InChI is InChI=1S/C24H22F2N6O/c1-12-2-3-19(26)21-20(12)30-24(31-21)18-10-29-9-17(22(18)32-5-4-16(27)11-32)13-6-14(23(28)33)8-15(25)7-13/h2-3,6-10,16H,4-5,11,27H2,1H3,(H2,28,33)(H,30,31)/t16-/m0/s1. The molecule has 3 heterocycles. The van der Waals surface area contributed by atoms with E-state index in [9.17, 15) is 13.6 Å². The van der Waals surface area contributed by atoms with Crippen molar-refractivity contribution in [3.05, 3.63) is 65.5 Å². The van der Waals surface area contributed by atoms with E-state index in [4.69, 9.17) is 11.5 Å². The van der Waals surface area contributed by atoms with Crippen molar-refractivity contribution < 1.29 is 13.6 Å². The molecule has 9 heteroatoms. The van der Waals surface area contributed by atoms with Gasteiger partial charge in [-0.1, -0.05) is 6.07 Å². The normalized spacial score (nSPS) is 16.0. The third-order valence-electron chi connectivity index (χ3n) is 6.00. The van der Waals surface area contributed by atoms with Gasteiger partial charge in [0.25, 0.3) is 0 Å². The quantitative estimate of drug-likeness (QED) is 0.442. The largest absolute Gasteiger partial charge is 0.369 e. The number of carbonyl (C=O) groups is 1. The molecule has 0 bridgehead atoms. The zero-order valence-corrected chi connectivity index (χ0v) is 17.9. The molecular formula is C24H22F2N6O. The Morgan fingerprint density at radius 2 is 1.97 bits per heavy atom. The summed E-state index contributed by atoms with van der Waals surface area (Å²) < 4.78 is 28.8. The zero-order chi connectivity index (χ0) is 23.3. The van der Waals surface area contributed by atoms with Crippen molar-refractivity contribution in [2.45, 2.75) is 19.4 Å². The van der Waals surface area contributed by atoms with E-state index in [1.807, 2.05) is 6.92 Å². The van der Waals surface area contributed by atoms with E-state index in [1.54, 1.807) is 18.5 Å². The van der Waals surface area contributed by atoms with Crippen LogP contribution >= 0.6 is 0 Å². The number of amides is 1. The van der Waals surface area contributed by atoms with E-state index in [1.165, 1.54) is 18.2 Å². The molecule has 1 saturated heterocycles. The molecule has 0 radical (unpaired) electrons. The number of aromatic nitrogens is 3. The van der Waals surface area contributed by atoms with Crippen molar-refractivity contribution in [1.82, 2.24) is 15.0 Å². The average molecular weight is 448 g/mol. The number of pyridine rings is 1. The van der Waals surface area contributed by atoms with E-state index in [-0.39, 0.29) is 11.6 Å². The number of fused-ring (bicyclic) bond motifs is 1. The lowest BCUT2D eigenvalue weighted by molar-refractivity contribution is 0.1000. The van der Waals surface area contributed by atoms with Crippen LogP contribution in [-0.4, -0.2) is 40.0 Å². The SMILES string of the molecule is Cc1ccc(F)c2[nH]c(-c3cncc(-c4cc(F)cc(C(N)=O)c4)c3N3CC[C@H](N)C3)nc12. The highest BCUT2D eigenvalue weighted by Gasteiger charge is 2.27. The number of nitrogens with zero attached hydrogens (tertiary/aromatic N) is 3. The molecular weight excluding hydrogens is 426 g/mol. The molecule has 1 atom stereocenters. The molecule has 4 aromatic rings. The number of imidazole rings is 1. The molecule has 168 valence electrons. The monoisotopic (exact) mass is 448 g/mol. The predicted molar refractivity (Wildman–Crippen MR) is 123 cm³/mol. The van der Waals surface area contributed by atoms with Gasteiger partial charge in [-0.25, -0.2) is 13.8 Å². The topological polar surface area (TPSA) is 114 Å². The lowest BCUT2D eigenvalue weighted by Crippen LogP contribution is -2.27. The van der Waals surface area contributed by atoms with E-state index >= 15 is 0 Å². The Morgan fingerprint density at radius 1 is 1.18 bits per heavy atom. The second-order valence-electron chi connectivity index (χ2n) is 8.34. The highest BCUT2D eigenvalue weighted by atomic mass is 19.1. The molecule has 5 rings (SSSR count). The third-order valence-corrected chi connectivity index (χ3v) is 6.00. The first-order chi connectivity index (χ1) is 15.8. The summed E-state index contributed by atoms with van der Waals surface area (Å²) >= 11 is 0. The summed E-state index contributed by atoms with van der Waals surface area (Å²) in [5, 5.41) is 0. The fraction of sp³-hybridized carbons (Fsp3) is 0.208. The number of nitrogens with two attached hydrogens (primary N) is 2. The zero-order valence-electron chi connectivity index (χ0n) is 17.9.